The minimum absolute atomic E-state index is 0.119. The van der Waals surface area contributed by atoms with E-state index in [0.717, 1.165) is 18.4 Å². The molecule has 1 atom stereocenters. The summed E-state index contributed by atoms with van der Waals surface area (Å²) < 4.78 is 5.01. The molecule has 1 aromatic carbocycles. The number of alkyl carbamates (subject to hydrolysis) is 1. The molecule has 0 spiro atoms. The molecule has 0 saturated heterocycles. The number of amides is 3. The molecule has 0 bridgehead atoms. The third-order valence-corrected chi connectivity index (χ3v) is 3.45. The van der Waals surface area contributed by atoms with Gasteiger partial charge >= 0.3 is 6.09 Å². The highest BCUT2D eigenvalue weighted by atomic mass is 16.5. The highest BCUT2D eigenvalue weighted by molar-refractivity contribution is 5.89. The Labute approximate surface area is 147 Å². The van der Waals surface area contributed by atoms with Gasteiger partial charge in [0.25, 0.3) is 0 Å². The number of benzene rings is 1. The van der Waals surface area contributed by atoms with Crippen LogP contribution in [0.25, 0.3) is 0 Å². The molecule has 5 N–H and O–H groups in total. The largest absolute Gasteiger partial charge is 0.445 e. The monoisotopic (exact) mass is 350 g/mol. The third kappa shape index (κ3) is 8.71. The Kier molecular flexibility index (Phi) is 9.69. The predicted molar refractivity (Wildman–Crippen MR) is 93.5 cm³/mol. The average molecular weight is 350 g/mol. The van der Waals surface area contributed by atoms with Gasteiger partial charge in [0.1, 0.15) is 19.2 Å². The van der Waals surface area contributed by atoms with Gasteiger partial charge in [-0.1, -0.05) is 30.3 Å². The van der Waals surface area contributed by atoms with Crippen LogP contribution < -0.4 is 21.7 Å². The Hall–Kier alpha value is -2.61. The highest BCUT2D eigenvalue weighted by Gasteiger charge is 2.19. The highest BCUT2D eigenvalue weighted by Crippen LogP contribution is 2.01. The first kappa shape index (κ1) is 20.4. The Morgan fingerprint density at radius 3 is 2.52 bits per heavy atom. The summed E-state index contributed by atoms with van der Waals surface area (Å²) in [6, 6.07) is 8.56. The molecule has 0 heterocycles. The van der Waals surface area contributed by atoms with Gasteiger partial charge in [0.05, 0.1) is 0 Å². The molecule has 0 saturated carbocycles. The van der Waals surface area contributed by atoms with Gasteiger partial charge < -0.3 is 26.4 Å². The number of carbonyl (C=O) groups is 3. The van der Waals surface area contributed by atoms with Gasteiger partial charge in [-0.3, -0.25) is 9.59 Å². The molecule has 8 heteroatoms. The molecule has 8 nitrogen and oxygen atoms in total. The van der Waals surface area contributed by atoms with Crippen LogP contribution in [0.5, 0.6) is 0 Å². The second-order valence-electron chi connectivity index (χ2n) is 5.43. The van der Waals surface area contributed by atoms with E-state index in [1.54, 1.807) is 0 Å². The van der Waals surface area contributed by atoms with Crippen LogP contribution in [-0.4, -0.2) is 44.1 Å². The molecule has 0 aromatic heterocycles. The topological polar surface area (TPSA) is 123 Å². The Balaban J connectivity index is 2.32. The number of nitrogens with two attached hydrogens (primary N) is 1. The van der Waals surface area contributed by atoms with Crippen LogP contribution in [0.3, 0.4) is 0 Å². The lowest BCUT2D eigenvalue weighted by Gasteiger charge is -2.17. The normalized spacial score (nSPS) is 11.3. The fourth-order valence-corrected chi connectivity index (χ4v) is 2.11. The average Bonchev–Trinajstić information content (AvgIpc) is 2.64. The van der Waals surface area contributed by atoms with Crippen LogP contribution in [-0.2, 0) is 20.9 Å². The van der Waals surface area contributed by atoms with Crippen molar-refractivity contribution in [3.63, 3.8) is 0 Å². The first-order valence-electron chi connectivity index (χ1n) is 8.22. The van der Waals surface area contributed by atoms with Crippen LogP contribution in [0.15, 0.2) is 30.3 Å². The number of hydrogen-bond donors (Lipinski definition) is 4. The zero-order valence-electron chi connectivity index (χ0n) is 14.4. The summed E-state index contributed by atoms with van der Waals surface area (Å²) in [6.45, 7) is 0.384. The summed E-state index contributed by atoms with van der Waals surface area (Å²) in [5.74, 6) is -0.741. The third-order valence-electron chi connectivity index (χ3n) is 3.45. The molecule has 1 rings (SSSR count). The first-order chi connectivity index (χ1) is 12.1. The van der Waals surface area contributed by atoms with Crippen molar-refractivity contribution in [2.45, 2.75) is 31.9 Å². The maximum Gasteiger partial charge on any atom is 0.407 e. The lowest BCUT2D eigenvalue weighted by Crippen LogP contribution is -2.48. The van der Waals surface area contributed by atoms with Crippen molar-refractivity contribution in [3.05, 3.63) is 35.9 Å². The molecular formula is C17H26N4O4. The van der Waals surface area contributed by atoms with Gasteiger partial charge in [0.15, 0.2) is 0 Å². The molecule has 0 aliphatic heterocycles. The number of likely N-dealkylation sites (N-methyl/N-ethyl adjacent to an activating group) is 1. The van der Waals surface area contributed by atoms with Gasteiger partial charge in [-0.2, -0.15) is 0 Å². The van der Waals surface area contributed by atoms with E-state index in [0.29, 0.717) is 13.0 Å². The number of nitrogens with one attached hydrogen (secondary N) is 3. The molecule has 138 valence electrons. The number of unbranched alkanes of at least 4 members (excludes halogenated alkanes) is 1. The van der Waals surface area contributed by atoms with Crippen molar-refractivity contribution in [1.82, 2.24) is 16.0 Å². The molecule has 0 unspecified atom stereocenters. The second kappa shape index (κ2) is 11.9. The quantitative estimate of drug-likeness (QED) is 0.451. The van der Waals surface area contributed by atoms with Crippen LogP contribution in [0.2, 0.25) is 0 Å². The summed E-state index contributed by atoms with van der Waals surface area (Å²) in [7, 11) is 1.50. The van der Waals surface area contributed by atoms with Crippen molar-refractivity contribution in [2.24, 2.45) is 5.73 Å². The van der Waals surface area contributed by atoms with E-state index in [4.69, 9.17) is 10.5 Å². The van der Waals surface area contributed by atoms with Gasteiger partial charge in [0.2, 0.25) is 11.8 Å². The van der Waals surface area contributed by atoms with E-state index in [9.17, 15) is 14.4 Å². The standard InChI is InChI=1S/C17H26N4O4/c1-19-16(23)14(9-5-6-10-18)21-15(22)11-20-17(24)25-12-13-7-3-2-4-8-13/h2-4,7-8,14H,5-6,9-12,18H2,1H3,(H,19,23)(H,20,24)(H,21,22)/t14-/m0/s1. The van der Waals surface area contributed by atoms with E-state index in [1.807, 2.05) is 30.3 Å². The molecule has 3 amide bonds. The summed E-state index contributed by atoms with van der Waals surface area (Å²) >= 11 is 0. The minimum atomic E-state index is -0.696. The lowest BCUT2D eigenvalue weighted by molar-refractivity contribution is -0.128. The molecule has 25 heavy (non-hydrogen) atoms. The van der Waals surface area contributed by atoms with E-state index >= 15 is 0 Å². The molecule has 0 radical (unpaired) electrons. The number of hydrogen-bond acceptors (Lipinski definition) is 5. The number of carbonyl (C=O) groups excluding carboxylic acids is 3. The fraction of sp³-hybridized carbons (Fsp3) is 0.471. The number of rotatable bonds is 10. The van der Waals surface area contributed by atoms with E-state index in [-0.39, 0.29) is 19.1 Å². The Morgan fingerprint density at radius 2 is 1.88 bits per heavy atom. The van der Waals surface area contributed by atoms with E-state index < -0.39 is 18.0 Å². The van der Waals surface area contributed by atoms with E-state index in [1.165, 1.54) is 7.05 Å². The first-order valence-corrected chi connectivity index (χ1v) is 8.22. The van der Waals surface area contributed by atoms with Gasteiger partial charge in [-0.05, 0) is 31.4 Å². The lowest BCUT2D eigenvalue weighted by atomic mass is 10.1. The van der Waals surface area contributed by atoms with Crippen molar-refractivity contribution in [2.75, 3.05) is 20.1 Å². The summed E-state index contributed by atoms with van der Waals surface area (Å²) in [4.78, 5) is 35.3. The molecule has 0 aliphatic carbocycles. The van der Waals surface area contributed by atoms with Gasteiger partial charge in [-0.25, -0.2) is 4.79 Å². The Morgan fingerprint density at radius 1 is 1.16 bits per heavy atom. The van der Waals surface area contributed by atoms with Crippen molar-refractivity contribution in [3.8, 4) is 0 Å². The summed E-state index contributed by atoms with van der Waals surface area (Å²) in [5, 5.41) is 7.45. The van der Waals surface area contributed by atoms with Crippen molar-refractivity contribution in [1.29, 1.82) is 0 Å². The Bertz CT molecular complexity index is 551. The molecule has 0 aliphatic rings. The predicted octanol–water partition coefficient (Wildman–Crippen LogP) is 0.273. The molecule has 1 aromatic rings. The maximum absolute atomic E-state index is 11.9. The minimum Gasteiger partial charge on any atom is -0.445 e. The maximum atomic E-state index is 11.9. The zero-order chi connectivity index (χ0) is 18.5. The summed E-state index contributed by atoms with van der Waals surface area (Å²) in [6.07, 6.45) is 1.29. The summed E-state index contributed by atoms with van der Waals surface area (Å²) in [5.41, 5.74) is 6.28. The van der Waals surface area contributed by atoms with Crippen LogP contribution in [0, 0.1) is 0 Å². The molecule has 0 fully saturated rings. The van der Waals surface area contributed by atoms with Gasteiger partial charge in [0, 0.05) is 7.05 Å². The van der Waals surface area contributed by atoms with Crippen molar-refractivity contribution >= 4 is 17.9 Å². The fourth-order valence-electron chi connectivity index (χ4n) is 2.11. The van der Waals surface area contributed by atoms with Crippen LogP contribution in [0.4, 0.5) is 4.79 Å². The van der Waals surface area contributed by atoms with E-state index in [2.05, 4.69) is 16.0 Å². The van der Waals surface area contributed by atoms with Crippen LogP contribution in [0.1, 0.15) is 24.8 Å². The van der Waals surface area contributed by atoms with Crippen LogP contribution >= 0.6 is 0 Å². The molecular weight excluding hydrogens is 324 g/mol. The second-order valence-corrected chi connectivity index (χ2v) is 5.43. The SMILES string of the molecule is CNC(=O)[C@H](CCCCN)NC(=O)CNC(=O)OCc1ccccc1. The van der Waals surface area contributed by atoms with Crippen molar-refractivity contribution < 1.29 is 19.1 Å². The van der Waals surface area contributed by atoms with Gasteiger partial charge in [-0.15, -0.1) is 0 Å². The smallest absolute Gasteiger partial charge is 0.407 e. The zero-order valence-corrected chi connectivity index (χ0v) is 14.4. The number of ether oxygens (including phenoxy) is 1.